The normalized spacial score (nSPS) is 14.5. The topological polar surface area (TPSA) is 38.3 Å². The zero-order chi connectivity index (χ0) is 16.8. The minimum Gasteiger partial charge on any atom is -0.457 e. The molecule has 3 rings (SSSR count). The summed E-state index contributed by atoms with van der Waals surface area (Å²) in [6.07, 6.45) is 6.85. The van der Waals surface area contributed by atoms with Gasteiger partial charge in [-0.25, -0.2) is 0 Å². The molecule has 1 amide bonds. The van der Waals surface area contributed by atoms with Crippen LogP contribution >= 0.6 is 15.9 Å². The van der Waals surface area contributed by atoms with Gasteiger partial charge < -0.3 is 10.1 Å². The van der Waals surface area contributed by atoms with Crippen molar-refractivity contribution < 1.29 is 9.53 Å². The van der Waals surface area contributed by atoms with E-state index in [1.807, 2.05) is 48.5 Å². The van der Waals surface area contributed by atoms with Crippen molar-refractivity contribution in [1.82, 2.24) is 0 Å². The van der Waals surface area contributed by atoms with Gasteiger partial charge in [-0.2, -0.15) is 0 Å². The van der Waals surface area contributed by atoms with Crippen LogP contribution in [0.2, 0.25) is 0 Å². The molecule has 1 N–H and O–H groups in total. The van der Waals surface area contributed by atoms with Gasteiger partial charge in [0, 0.05) is 16.6 Å². The molecule has 1 aliphatic carbocycles. The highest BCUT2D eigenvalue weighted by Gasteiger charge is 2.16. The zero-order valence-electron chi connectivity index (χ0n) is 13.6. The van der Waals surface area contributed by atoms with Crippen molar-refractivity contribution in [1.29, 1.82) is 0 Å². The minimum atomic E-state index is 0.100. The Hall–Kier alpha value is -1.81. The summed E-state index contributed by atoms with van der Waals surface area (Å²) in [5.41, 5.74) is 0.814. The summed E-state index contributed by atoms with van der Waals surface area (Å²) >= 11 is 3.40. The molecular weight excluding hydrogens is 366 g/mol. The second-order valence-electron chi connectivity index (χ2n) is 6.32. The molecule has 1 aliphatic rings. The number of hydrogen-bond donors (Lipinski definition) is 1. The molecule has 0 unspecified atom stereocenters. The maximum absolute atomic E-state index is 12.0. The van der Waals surface area contributed by atoms with Crippen LogP contribution in [0.25, 0.3) is 0 Å². The molecule has 0 aromatic heterocycles. The third-order valence-electron chi connectivity index (χ3n) is 4.44. The SMILES string of the molecule is O=C(CCC1CCCC1)Nc1ccc(Oc2ccc(Br)cc2)cc1. The number of nitrogens with one attached hydrogen (secondary N) is 1. The van der Waals surface area contributed by atoms with Gasteiger partial charge in [0.1, 0.15) is 11.5 Å². The van der Waals surface area contributed by atoms with Gasteiger partial charge >= 0.3 is 0 Å². The lowest BCUT2D eigenvalue weighted by Gasteiger charge is -2.10. The van der Waals surface area contributed by atoms with Gasteiger partial charge in [-0.05, 0) is 60.9 Å². The van der Waals surface area contributed by atoms with Crippen molar-refractivity contribution in [2.45, 2.75) is 38.5 Å². The molecular formula is C20H22BrNO2. The van der Waals surface area contributed by atoms with E-state index < -0.39 is 0 Å². The fourth-order valence-electron chi connectivity index (χ4n) is 3.10. The predicted octanol–water partition coefficient (Wildman–Crippen LogP) is 6.15. The fourth-order valence-corrected chi connectivity index (χ4v) is 3.37. The van der Waals surface area contributed by atoms with Crippen LogP contribution in [0.1, 0.15) is 38.5 Å². The van der Waals surface area contributed by atoms with Gasteiger partial charge in [0.15, 0.2) is 0 Å². The first-order valence-corrected chi connectivity index (χ1v) is 9.32. The third-order valence-corrected chi connectivity index (χ3v) is 4.97. The van der Waals surface area contributed by atoms with Crippen LogP contribution in [0.4, 0.5) is 5.69 Å². The number of anilines is 1. The Morgan fingerprint density at radius 3 is 2.21 bits per heavy atom. The van der Waals surface area contributed by atoms with Crippen LogP contribution in [0.3, 0.4) is 0 Å². The maximum atomic E-state index is 12.0. The van der Waals surface area contributed by atoms with Crippen molar-refractivity contribution in [3.8, 4) is 11.5 Å². The molecule has 2 aromatic rings. The molecule has 0 bridgehead atoms. The Morgan fingerprint density at radius 1 is 1.00 bits per heavy atom. The monoisotopic (exact) mass is 387 g/mol. The Morgan fingerprint density at radius 2 is 1.58 bits per heavy atom. The summed E-state index contributed by atoms with van der Waals surface area (Å²) in [5, 5.41) is 2.96. The molecule has 24 heavy (non-hydrogen) atoms. The van der Waals surface area contributed by atoms with Gasteiger partial charge in [-0.3, -0.25) is 4.79 Å². The number of rotatable bonds is 6. The number of hydrogen-bond acceptors (Lipinski definition) is 2. The summed E-state index contributed by atoms with van der Waals surface area (Å²) in [4.78, 5) is 12.0. The van der Waals surface area contributed by atoms with Crippen LogP contribution in [-0.2, 0) is 4.79 Å². The average Bonchev–Trinajstić information content (AvgIpc) is 3.10. The second-order valence-corrected chi connectivity index (χ2v) is 7.23. The predicted molar refractivity (Wildman–Crippen MR) is 100 cm³/mol. The maximum Gasteiger partial charge on any atom is 0.224 e. The minimum absolute atomic E-state index is 0.100. The average molecular weight is 388 g/mol. The quantitative estimate of drug-likeness (QED) is 0.645. The first kappa shape index (κ1) is 17.0. The van der Waals surface area contributed by atoms with E-state index in [1.165, 1.54) is 25.7 Å². The van der Waals surface area contributed by atoms with Gasteiger partial charge in [-0.1, -0.05) is 41.6 Å². The molecule has 126 valence electrons. The van der Waals surface area contributed by atoms with Crippen molar-refractivity contribution in [3.63, 3.8) is 0 Å². The molecule has 0 spiro atoms. The molecule has 2 aromatic carbocycles. The van der Waals surface area contributed by atoms with Gasteiger partial charge in [0.25, 0.3) is 0 Å². The number of carbonyl (C=O) groups is 1. The Balaban J connectivity index is 1.48. The van der Waals surface area contributed by atoms with Crippen LogP contribution in [0, 0.1) is 5.92 Å². The second kappa shape index (κ2) is 8.34. The molecule has 0 aliphatic heterocycles. The van der Waals surface area contributed by atoms with E-state index in [2.05, 4.69) is 21.2 Å². The fraction of sp³-hybridized carbons (Fsp3) is 0.350. The van der Waals surface area contributed by atoms with Gasteiger partial charge in [0.05, 0.1) is 0 Å². The van der Waals surface area contributed by atoms with E-state index in [0.717, 1.165) is 34.0 Å². The smallest absolute Gasteiger partial charge is 0.224 e. The van der Waals surface area contributed by atoms with Crippen molar-refractivity contribution in [2.75, 3.05) is 5.32 Å². The summed E-state index contributed by atoms with van der Waals surface area (Å²) in [5.74, 6) is 2.38. The lowest BCUT2D eigenvalue weighted by molar-refractivity contribution is -0.116. The summed E-state index contributed by atoms with van der Waals surface area (Å²) in [6, 6.07) is 15.2. The molecule has 0 saturated heterocycles. The van der Waals surface area contributed by atoms with Crippen molar-refractivity contribution in [3.05, 3.63) is 53.0 Å². The molecule has 3 nitrogen and oxygen atoms in total. The number of benzene rings is 2. The van der Waals surface area contributed by atoms with Crippen LogP contribution < -0.4 is 10.1 Å². The first-order chi connectivity index (χ1) is 11.7. The number of amides is 1. The van der Waals surface area contributed by atoms with Crippen molar-refractivity contribution in [2.24, 2.45) is 5.92 Å². The Bertz CT molecular complexity index is 661. The van der Waals surface area contributed by atoms with Crippen LogP contribution in [0.5, 0.6) is 11.5 Å². The van der Waals surface area contributed by atoms with E-state index in [-0.39, 0.29) is 5.91 Å². The largest absolute Gasteiger partial charge is 0.457 e. The lowest BCUT2D eigenvalue weighted by Crippen LogP contribution is -2.12. The molecule has 0 radical (unpaired) electrons. The van der Waals surface area contributed by atoms with E-state index in [1.54, 1.807) is 0 Å². The van der Waals surface area contributed by atoms with E-state index in [0.29, 0.717) is 6.42 Å². The lowest BCUT2D eigenvalue weighted by atomic mass is 10.0. The van der Waals surface area contributed by atoms with Crippen LogP contribution in [0.15, 0.2) is 53.0 Å². The van der Waals surface area contributed by atoms with Gasteiger partial charge in [-0.15, -0.1) is 0 Å². The highest BCUT2D eigenvalue weighted by Crippen LogP contribution is 2.29. The van der Waals surface area contributed by atoms with Gasteiger partial charge in [0.2, 0.25) is 5.91 Å². The summed E-state index contributed by atoms with van der Waals surface area (Å²) in [7, 11) is 0. The van der Waals surface area contributed by atoms with E-state index in [9.17, 15) is 4.79 Å². The van der Waals surface area contributed by atoms with E-state index in [4.69, 9.17) is 4.74 Å². The van der Waals surface area contributed by atoms with E-state index >= 15 is 0 Å². The molecule has 1 saturated carbocycles. The number of carbonyl (C=O) groups excluding carboxylic acids is 1. The molecule has 4 heteroatoms. The Kier molecular flexibility index (Phi) is 5.91. The standard InChI is InChI=1S/C20H22BrNO2/c21-16-6-10-18(11-7-16)24-19-12-8-17(9-13-19)22-20(23)14-5-15-3-1-2-4-15/h6-13,15H,1-5,14H2,(H,22,23). The molecule has 0 atom stereocenters. The first-order valence-electron chi connectivity index (χ1n) is 8.52. The number of halogens is 1. The third kappa shape index (κ3) is 5.10. The van der Waals surface area contributed by atoms with Crippen LogP contribution in [-0.4, -0.2) is 5.91 Å². The Labute approximate surface area is 151 Å². The molecule has 1 fully saturated rings. The molecule has 0 heterocycles. The highest BCUT2D eigenvalue weighted by molar-refractivity contribution is 9.10. The summed E-state index contributed by atoms with van der Waals surface area (Å²) in [6.45, 7) is 0. The highest BCUT2D eigenvalue weighted by atomic mass is 79.9. The zero-order valence-corrected chi connectivity index (χ0v) is 15.2. The van der Waals surface area contributed by atoms with Crippen molar-refractivity contribution >= 4 is 27.5 Å². The summed E-state index contributed by atoms with van der Waals surface area (Å²) < 4.78 is 6.79. The number of ether oxygens (including phenoxy) is 1.